The molecule has 0 aliphatic carbocycles. The first-order chi connectivity index (χ1) is 10.2. The van der Waals surface area contributed by atoms with Gasteiger partial charge in [-0.15, -0.1) is 0 Å². The van der Waals surface area contributed by atoms with Gasteiger partial charge >= 0.3 is 0 Å². The molecular formula is C17H24N2O2. The van der Waals surface area contributed by atoms with Crippen LogP contribution in [0.2, 0.25) is 0 Å². The maximum absolute atomic E-state index is 9.51. The molecule has 1 aromatic heterocycles. The summed E-state index contributed by atoms with van der Waals surface area (Å²) in [5.74, 6) is 0.756. The smallest absolute Gasteiger partial charge is 0.123 e. The van der Waals surface area contributed by atoms with Gasteiger partial charge in [0.2, 0.25) is 0 Å². The number of aliphatic hydroxyl groups is 1. The minimum Gasteiger partial charge on any atom is -0.468 e. The molecule has 2 unspecified atom stereocenters. The Balaban J connectivity index is 2.04. The third-order valence-electron chi connectivity index (χ3n) is 3.83. The van der Waals surface area contributed by atoms with E-state index in [0.717, 1.165) is 12.3 Å². The van der Waals surface area contributed by atoms with Gasteiger partial charge in [0, 0.05) is 25.3 Å². The van der Waals surface area contributed by atoms with Crippen LogP contribution in [0.4, 0.5) is 5.69 Å². The number of aliphatic hydroxyl groups excluding tert-OH is 1. The topological polar surface area (TPSA) is 48.6 Å². The second-order valence-electron chi connectivity index (χ2n) is 5.24. The van der Waals surface area contributed by atoms with E-state index in [1.807, 2.05) is 12.1 Å². The molecule has 114 valence electrons. The van der Waals surface area contributed by atoms with E-state index in [1.165, 1.54) is 11.3 Å². The van der Waals surface area contributed by atoms with Gasteiger partial charge in [-0.25, -0.2) is 0 Å². The number of furan rings is 1. The number of hydrogen-bond acceptors (Lipinski definition) is 4. The summed E-state index contributed by atoms with van der Waals surface area (Å²) in [5.41, 5.74) is 2.39. The van der Waals surface area contributed by atoms with Gasteiger partial charge in [0.25, 0.3) is 0 Å². The van der Waals surface area contributed by atoms with Crippen molar-refractivity contribution in [1.29, 1.82) is 0 Å². The maximum atomic E-state index is 9.51. The van der Waals surface area contributed by atoms with Gasteiger partial charge in [-0.05, 0) is 43.7 Å². The average molecular weight is 288 g/mol. The molecule has 2 N–H and O–H groups in total. The molecule has 0 aliphatic rings. The van der Waals surface area contributed by atoms with Crippen molar-refractivity contribution < 1.29 is 9.52 Å². The summed E-state index contributed by atoms with van der Waals surface area (Å²) in [4.78, 5) is 2.20. The summed E-state index contributed by atoms with van der Waals surface area (Å²) in [6.07, 6.45) is 1.62. The van der Waals surface area contributed by atoms with E-state index >= 15 is 0 Å². The van der Waals surface area contributed by atoms with Crippen LogP contribution in [-0.4, -0.2) is 25.3 Å². The van der Waals surface area contributed by atoms with Crippen LogP contribution in [0, 0.1) is 0 Å². The molecule has 4 nitrogen and oxygen atoms in total. The lowest BCUT2D eigenvalue weighted by molar-refractivity contribution is 0.217. The van der Waals surface area contributed by atoms with Crippen molar-refractivity contribution in [3.63, 3.8) is 0 Å². The molecule has 0 saturated carbocycles. The van der Waals surface area contributed by atoms with Gasteiger partial charge in [-0.1, -0.05) is 12.1 Å². The van der Waals surface area contributed by atoms with Crippen molar-refractivity contribution in [1.82, 2.24) is 5.32 Å². The van der Waals surface area contributed by atoms with E-state index in [1.54, 1.807) is 6.26 Å². The molecule has 1 aromatic carbocycles. The largest absolute Gasteiger partial charge is 0.468 e. The summed E-state index contributed by atoms with van der Waals surface area (Å²) in [6.45, 7) is 5.21. The molecule has 1 heterocycles. The molecule has 0 fully saturated rings. The van der Waals surface area contributed by atoms with E-state index in [2.05, 4.69) is 55.4 Å². The zero-order valence-corrected chi connectivity index (χ0v) is 12.9. The van der Waals surface area contributed by atoms with Crippen LogP contribution in [0.25, 0.3) is 0 Å². The van der Waals surface area contributed by atoms with Gasteiger partial charge < -0.3 is 14.4 Å². The van der Waals surface area contributed by atoms with Gasteiger partial charge in [-0.3, -0.25) is 5.32 Å². The van der Waals surface area contributed by atoms with Crippen molar-refractivity contribution in [2.24, 2.45) is 0 Å². The third-order valence-corrected chi connectivity index (χ3v) is 3.83. The standard InChI is InChI=1S/C17H24N2O2/c1-4-19(3)15-9-7-14(8-10-15)13(2)18-16(12-20)17-6-5-11-21-17/h5-11,13,16,18,20H,4,12H2,1-3H3. The number of nitrogens with zero attached hydrogens (tertiary/aromatic N) is 1. The molecule has 0 saturated heterocycles. The first-order valence-electron chi connectivity index (χ1n) is 7.37. The quantitative estimate of drug-likeness (QED) is 0.822. The van der Waals surface area contributed by atoms with Crippen molar-refractivity contribution in [3.05, 3.63) is 54.0 Å². The van der Waals surface area contributed by atoms with E-state index in [0.29, 0.717) is 0 Å². The monoisotopic (exact) mass is 288 g/mol. The summed E-state index contributed by atoms with van der Waals surface area (Å²) in [7, 11) is 2.08. The van der Waals surface area contributed by atoms with Crippen molar-refractivity contribution in [2.45, 2.75) is 25.9 Å². The summed E-state index contributed by atoms with van der Waals surface area (Å²) in [5, 5.41) is 12.9. The highest BCUT2D eigenvalue weighted by Crippen LogP contribution is 2.22. The highest BCUT2D eigenvalue weighted by atomic mass is 16.3. The predicted molar refractivity (Wildman–Crippen MR) is 85.5 cm³/mol. The SMILES string of the molecule is CCN(C)c1ccc(C(C)NC(CO)c2ccco2)cc1. The fourth-order valence-electron chi connectivity index (χ4n) is 2.31. The molecule has 0 spiro atoms. The number of benzene rings is 1. The number of nitrogens with one attached hydrogen (secondary N) is 1. The minimum atomic E-state index is -0.187. The van der Waals surface area contributed by atoms with Crippen LogP contribution in [0.1, 0.15) is 37.3 Å². The number of hydrogen-bond donors (Lipinski definition) is 2. The van der Waals surface area contributed by atoms with E-state index in [9.17, 15) is 5.11 Å². The average Bonchev–Trinajstić information content (AvgIpc) is 3.06. The zero-order chi connectivity index (χ0) is 15.2. The second kappa shape index (κ2) is 7.29. The normalized spacial score (nSPS) is 13.9. The summed E-state index contributed by atoms with van der Waals surface area (Å²) < 4.78 is 5.36. The Bertz CT molecular complexity index is 522. The van der Waals surface area contributed by atoms with E-state index in [4.69, 9.17) is 4.42 Å². The van der Waals surface area contributed by atoms with Crippen LogP contribution in [0.3, 0.4) is 0 Å². The molecule has 2 aromatic rings. The third kappa shape index (κ3) is 3.86. The molecule has 0 amide bonds. The first kappa shape index (κ1) is 15.6. The van der Waals surface area contributed by atoms with Crippen LogP contribution >= 0.6 is 0 Å². The molecule has 0 radical (unpaired) electrons. The number of anilines is 1. The Labute approximate surface area is 126 Å². The maximum Gasteiger partial charge on any atom is 0.123 e. The van der Waals surface area contributed by atoms with Crippen molar-refractivity contribution in [3.8, 4) is 0 Å². The molecule has 0 aliphatic heterocycles. The highest BCUT2D eigenvalue weighted by molar-refractivity contribution is 5.47. The summed E-state index contributed by atoms with van der Waals surface area (Å²) in [6, 6.07) is 12.1. The lowest BCUT2D eigenvalue weighted by atomic mass is 10.1. The predicted octanol–water partition coefficient (Wildman–Crippen LogP) is 3.12. The fraction of sp³-hybridized carbons (Fsp3) is 0.412. The lowest BCUT2D eigenvalue weighted by Gasteiger charge is -2.22. The van der Waals surface area contributed by atoms with E-state index in [-0.39, 0.29) is 18.7 Å². The van der Waals surface area contributed by atoms with E-state index < -0.39 is 0 Å². The molecule has 4 heteroatoms. The molecule has 0 bridgehead atoms. The first-order valence-corrected chi connectivity index (χ1v) is 7.37. The Kier molecular flexibility index (Phi) is 5.42. The molecule has 2 rings (SSSR count). The van der Waals surface area contributed by atoms with Crippen LogP contribution in [0.5, 0.6) is 0 Å². The molecule has 21 heavy (non-hydrogen) atoms. The second-order valence-corrected chi connectivity index (χ2v) is 5.24. The van der Waals surface area contributed by atoms with Crippen molar-refractivity contribution >= 4 is 5.69 Å². The Morgan fingerprint density at radius 1 is 1.24 bits per heavy atom. The van der Waals surface area contributed by atoms with Crippen LogP contribution < -0.4 is 10.2 Å². The lowest BCUT2D eigenvalue weighted by Crippen LogP contribution is -2.27. The Morgan fingerprint density at radius 2 is 1.95 bits per heavy atom. The van der Waals surface area contributed by atoms with Gasteiger partial charge in [0.05, 0.1) is 18.9 Å². The van der Waals surface area contributed by atoms with Gasteiger partial charge in [-0.2, -0.15) is 0 Å². The number of rotatable bonds is 7. The van der Waals surface area contributed by atoms with Gasteiger partial charge in [0.15, 0.2) is 0 Å². The Morgan fingerprint density at radius 3 is 2.48 bits per heavy atom. The van der Waals surface area contributed by atoms with Crippen molar-refractivity contribution in [2.75, 3.05) is 25.1 Å². The zero-order valence-electron chi connectivity index (χ0n) is 12.9. The molecular weight excluding hydrogens is 264 g/mol. The minimum absolute atomic E-state index is 0.00844. The summed E-state index contributed by atoms with van der Waals surface area (Å²) >= 11 is 0. The van der Waals surface area contributed by atoms with Gasteiger partial charge in [0.1, 0.15) is 5.76 Å². The van der Waals surface area contributed by atoms with Crippen LogP contribution in [-0.2, 0) is 0 Å². The van der Waals surface area contributed by atoms with Crippen LogP contribution in [0.15, 0.2) is 47.1 Å². The fourth-order valence-corrected chi connectivity index (χ4v) is 2.31. The highest BCUT2D eigenvalue weighted by Gasteiger charge is 2.16. The molecule has 2 atom stereocenters. The Hall–Kier alpha value is -1.78.